The van der Waals surface area contributed by atoms with Gasteiger partial charge in [-0.3, -0.25) is 0 Å². The molecular formula is C9H21NO. The van der Waals surface area contributed by atoms with Gasteiger partial charge in [0, 0.05) is 6.42 Å². The van der Waals surface area contributed by atoms with Crippen molar-refractivity contribution in [2.24, 2.45) is 17.6 Å². The van der Waals surface area contributed by atoms with Crippen LogP contribution in [0.4, 0.5) is 0 Å². The van der Waals surface area contributed by atoms with Gasteiger partial charge in [-0.05, 0) is 18.9 Å². The highest BCUT2D eigenvalue weighted by molar-refractivity contribution is 5.49. The van der Waals surface area contributed by atoms with Crippen molar-refractivity contribution in [3.05, 3.63) is 0 Å². The van der Waals surface area contributed by atoms with Crippen molar-refractivity contribution in [3.63, 3.8) is 0 Å². The number of hydrogen-bond donors (Lipinski definition) is 1. The fraction of sp³-hybridized carbons (Fsp3) is 0.889. The monoisotopic (exact) mass is 159 g/mol. The zero-order valence-corrected chi connectivity index (χ0v) is 8.13. The highest BCUT2D eigenvalue weighted by Gasteiger charge is 2.07. The van der Waals surface area contributed by atoms with Gasteiger partial charge < -0.3 is 10.5 Å². The molecule has 2 N–H and O–H groups in total. The van der Waals surface area contributed by atoms with Crippen LogP contribution in [0, 0.1) is 11.8 Å². The fourth-order valence-electron chi connectivity index (χ4n) is 0.786. The number of carbonyl (C=O) groups is 1. The Labute approximate surface area is 70.2 Å². The standard InChI is InChI=1S/C8H16O.CH5N/c1-4-7(2)8(3)5-6-9;1-2/h6-8H,4-5H2,1-3H3;2H2,1H3. The molecule has 0 amide bonds. The first-order valence-electron chi connectivity index (χ1n) is 4.23. The van der Waals surface area contributed by atoms with E-state index in [4.69, 9.17) is 0 Å². The molecule has 0 aliphatic carbocycles. The van der Waals surface area contributed by atoms with Gasteiger partial charge in [-0.1, -0.05) is 27.2 Å². The quantitative estimate of drug-likeness (QED) is 0.636. The second kappa shape index (κ2) is 9.63. The van der Waals surface area contributed by atoms with Crippen LogP contribution in [0.2, 0.25) is 0 Å². The number of rotatable bonds is 4. The van der Waals surface area contributed by atoms with E-state index < -0.39 is 0 Å². The SMILES string of the molecule is CCC(C)C(C)CC=O.CN. The van der Waals surface area contributed by atoms with E-state index in [1.54, 1.807) is 0 Å². The molecule has 2 atom stereocenters. The van der Waals surface area contributed by atoms with Crippen LogP contribution in [-0.4, -0.2) is 13.3 Å². The third-order valence-corrected chi connectivity index (χ3v) is 2.08. The van der Waals surface area contributed by atoms with E-state index >= 15 is 0 Å². The molecule has 0 aromatic rings. The van der Waals surface area contributed by atoms with E-state index in [0.29, 0.717) is 11.8 Å². The molecule has 0 fully saturated rings. The second-order valence-electron chi connectivity index (χ2n) is 2.77. The van der Waals surface area contributed by atoms with Gasteiger partial charge in [-0.2, -0.15) is 0 Å². The molecule has 0 spiro atoms. The molecule has 0 aliphatic rings. The van der Waals surface area contributed by atoms with Crippen molar-refractivity contribution < 1.29 is 4.79 Å². The van der Waals surface area contributed by atoms with Crippen LogP contribution in [0.15, 0.2) is 0 Å². The number of hydrogen-bond acceptors (Lipinski definition) is 2. The molecular weight excluding hydrogens is 138 g/mol. The predicted molar refractivity (Wildman–Crippen MR) is 49.4 cm³/mol. The molecule has 0 bridgehead atoms. The molecule has 2 nitrogen and oxygen atoms in total. The van der Waals surface area contributed by atoms with Crippen molar-refractivity contribution in [1.29, 1.82) is 0 Å². The Morgan fingerprint density at radius 1 is 1.27 bits per heavy atom. The van der Waals surface area contributed by atoms with Crippen LogP contribution >= 0.6 is 0 Å². The normalized spacial score (nSPS) is 14.3. The van der Waals surface area contributed by atoms with Gasteiger partial charge in [0.15, 0.2) is 0 Å². The highest BCUT2D eigenvalue weighted by Crippen LogP contribution is 2.16. The van der Waals surface area contributed by atoms with Gasteiger partial charge in [0.05, 0.1) is 0 Å². The van der Waals surface area contributed by atoms with E-state index in [2.05, 4.69) is 26.5 Å². The first-order chi connectivity index (χ1) is 5.22. The molecule has 68 valence electrons. The van der Waals surface area contributed by atoms with Gasteiger partial charge >= 0.3 is 0 Å². The summed E-state index contributed by atoms with van der Waals surface area (Å²) in [6.45, 7) is 6.47. The Balaban J connectivity index is 0. The summed E-state index contributed by atoms with van der Waals surface area (Å²) in [5.41, 5.74) is 4.50. The Hall–Kier alpha value is -0.370. The molecule has 0 aromatic heterocycles. The Morgan fingerprint density at radius 2 is 1.73 bits per heavy atom. The lowest BCUT2D eigenvalue weighted by atomic mass is 9.91. The summed E-state index contributed by atoms with van der Waals surface area (Å²) < 4.78 is 0. The summed E-state index contributed by atoms with van der Waals surface area (Å²) in [5, 5.41) is 0. The summed E-state index contributed by atoms with van der Waals surface area (Å²) in [5.74, 6) is 1.25. The first-order valence-corrected chi connectivity index (χ1v) is 4.23. The van der Waals surface area contributed by atoms with E-state index in [-0.39, 0.29) is 0 Å². The minimum atomic E-state index is 0.562. The Bertz CT molecular complexity index is 83.6. The highest BCUT2D eigenvalue weighted by atomic mass is 16.1. The fourth-order valence-corrected chi connectivity index (χ4v) is 0.786. The van der Waals surface area contributed by atoms with Crippen LogP contribution < -0.4 is 5.73 Å². The lowest BCUT2D eigenvalue weighted by Crippen LogP contribution is -2.06. The largest absolute Gasteiger partial charge is 0.333 e. The average molecular weight is 159 g/mol. The molecule has 0 saturated carbocycles. The summed E-state index contributed by atoms with van der Waals surface area (Å²) in [6, 6.07) is 0. The van der Waals surface area contributed by atoms with Gasteiger partial charge in [-0.25, -0.2) is 0 Å². The van der Waals surface area contributed by atoms with Crippen LogP contribution in [0.25, 0.3) is 0 Å². The lowest BCUT2D eigenvalue weighted by Gasteiger charge is -2.14. The van der Waals surface area contributed by atoms with Crippen LogP contribution in [0.3, 0.4) is 0 Å². The molecule has 0 radical (unpaired) electrons. The predicted octanol–water partition coefficient (Wildman–Crippen LogP) is 1.83. The van der Waals surface area contributed by atoms with Gasteiger partial charge in [0.25, 0.3) is 0 Å². The average Bonchev–Trinajstić information content (AvgIpc) is 2.07. The number of aldehydes is 1. The van der Waals surface area contributed by atoms with Gasteiger partial charge in [0.2, 0.25) is 0 Å². The van der Waals surface area contributed by atoms with E-state index in [9.17, 15) is 4.79 Å². The summed E-state index contributed by atoms with van der Waals surface area (Å²) >= 11 is 0. The van der Waals surface area contributed by atoms with Crippen LogP contribution in [0.5, 0.6) is 0 Å². The third-order valence-electron chi connectivity index (χ3n) is 2.08. The minimum Gasteiger partial charge on any atom is -0.333 e. The Morgan fingerprint density at radius 3 is 2.00 bits per heavy atom. The van der Waals surface area contributed by atoms with Crippen molar-refractivity contribution in [3.8, 4) is 0 Å². The molecule has 0 aromatic carbocycles. The molecule has 0 rings (SSSR count). The molecule has 0 aliphatic heterocycles. The maximum Gasteiger partial charge on any atom is 0.120 e. The topological polar surface area (TPSA) is 43.1 Å². The van der Waals surface area contributed by atoms with Crippen molar-refractivity contribution in [1.82, 2.24) is 0 Å². The molecule has 2 unspecified atom stereocenters. The zero-order chi connectivity index (χ0) is 9.28. The van der Waals surface area contributed by atoms with E-state index in [1.807, 2.05) is 0 Å². The number of carbonyl (C=O) groups excluding carboxylic acids is 1. The van der Waals surface area contributed by atoms with Crippen molar-refractivity contribution >= 4 is 6.29 Å². The van der Waals surface area contributed by atoms with Crippen molar-refractivity contribution in [2.75, 3.05) is 7.05 Å². The lowest BCUT2D eigenvalue weighted by molar-refractivity contribution is -0.108. The first kappa shape index (κ1) is 13.2. The van der Waals surface area contributed by atoms with Gasteiger partial charge in [0.1, 0.15) is 6.29 Å². The van der Waals surface area contributed by atoms with E-state index in [0.717, 1.165) is 12.7 Å². The minimum absolute atomic E-state index is 0.562. The molecule has 11 heavy (non-hydrogen) atoms. The maximum atomic E-state index is 10.0. The smallest absolute Gasteiger partial charge is 0.120 e. The van der Waals surface area contributed by atoms with Crippen LogP contribution in [0.1, 0.15) is 33.6 Å². The summed E-state index contributed by atoms with van der Waals surface area (Å²) in [7, 11) is 1.50. The Kier molecular flexibility index (Phi) is 11.6. The molecule has 2 heteroatoms. The number of nitrogens with two attached hydrogens (primary N) is 1. The van der Waals surface area contributed by atoms with Gasteiger partial charge in [-0.15, -0.1) is 0 Å². The maximum absolute atomic E-state index is 10.0. The summed E-state index contributed by atoms with van der Waals surface area (Å²) in [6.07, 6.45) is 2.90. The zero-order valence-electron chi connectivity index (χ0n) is 8.13. The molecule has 0 heterocycles. The molecule has 0 saturated heterocycles. The third kappa shape index (κ3) is 7.53. The van der Waals surface area contributed by atoms with Crippen LogP contribution in [-0.2, 0) is 4.79 Å². The van der Waals surface area contributed by atoms with E-state index in [1.165, 1.54) is 13.5 Å². The van der Waals surface area contributed by atoms with Crippen molar-refractivity contribution in [2.45, 2.75) is 33.6 Å². The summed E-state index contributed by atoms with van der Waals surface area (Å²) in [4.78, 5) is 10.0. The second-order valence-corrected chi connectivity index (χ2v) is 2.77.